The van der Waals surface area contributed by atoms with Crippen LogP contribution in [-0.4, -0.2) is 4.57 Å². The fraction of sp³-hybridized carbons (Fsp3) is 0.125. The zero-order chi connectivity index (χ0) is 14.2. The van der Waals surface area contributed by atoms with E-state index >= 15 is 0 Å². The first-order chi connectivity index (χ1) is 9.54. The van der Waals surface area contributed by atoms with Crippen LogP contribution in [0.4, 0.5) is 13.2 Å². The number of halogens is 3. The van der Waals surface area contributed by atoms with Gasteiger partial charge in [-0.15, -0.1) is 0 Å². The van der Waals surface area contributed by atoms with Crippen LogP contribution < -0.4 is 0 Å². The Labute approximate surface area is 114 Å². The smallest absolute Gasteiger partial charge is 0.343 e. The molecular weight excluding hydrogens is 263 g/mol. The van der Waals surface area contributed by atoms with Crippen molar-refractivity contribution in [2.75, 3.05) is 0 Å². The lowest BCUT2D eigenvalue weighted by Gasteiger charge is -2.09. The van der Waals surface area contributed by atoms with Crippen LogP contribution in [-0.2, 0) is 12.7 Å². The molecule has 3 rings (SSSR count). The van der Waals surface area contributed by atoms with E-state index in [1.165, 1.54) is 12.1 Å². The summed E-state index contributed by atoms with van der Waals surface area (Å²) in [7, 11) is 0. The summed E-state index contributed by atoms with van der Waals surface area (Å²) in [5, 5.41) is 1.12. The Kier molecular flexibility index (Phi) is 3.01. The van der Waals surface area contributed by atoms with E-state index in [2.05, 4.69) is 0 Å². The van der Waals surface area contributed by atoms with Crippen molar-refractivity contribution in [1.82, 2.24) is 4.57 Å². The molecule has 0 saturated carbocycles. The Morgan fingerprint density at radius 3 is 2.25 bits per heavy atom. The molecule has 3 aromatic rings. The molecule has 0 unspecified atom stereocenters. The van der Waals surface area contributed by atoms with Gasteiger partial charge in [0.25, 0.3) is 0 Å². The number of nitrogens with zero attached hydrogens (tertiary/aromatic N) is 1. The number of rotatable bonds is 2. The number of alkyl halides is 3. The zero-order valence-electron chi connectivity index (χ0n) is 10.6. The summed E-state index contributed by atoms with van der Waals surface area (Å²) in [6, 6.07) is 15.2. The van der Waals surface area contributed by atoms with Gasteiger partial charge in [-0.05, 0) is 35.2 Å². The van der Waals surface area contributed by atoms with Gasteiger partial charge in [0.1, 0.15) is 0 Å². The molecule has 0 spiro atoms. The minimum Gasteiger partial charge on any atom is -0.343 e. The average Bonchev–Trinajstić information content (AvgIpc) is 2.82. The van der Waals surface area contributed by atoms with E-state index in [1.54, 1.807) is 0 Å². The molecule has 2 aromatic carbocycles. The van der Waals surface area contributed by atoms with Crippen LogP contribution in [0.3, 0.4) is 0 Å². The fourth-order valence-corrected chi connectivity index (χ4v) is 2.27. The molecule has 0 aliphatic heterocycles. The monoisotopic (exact) mass is 275 g/mol. The van der Waals surface area contributed by atoms with Gasteiger partial charge in [-0.3, -0.25) is 0 Å². The van der Waals surface area contributed by atoms with Crippen molar-refractivity contribution in [3.8, 4) is 0 Å². The highest BCUT2D eigenvalue weighted by atomic mass is 19.4. The number of benzene rings is 2. The van der Waals surface area contributed by atoms with Crippen LogP contribution in [0.2, 0.25) is 0 Å². The highest BCUT2D eigenvalue weighted by molar-refractivity contribution is 5.80. The van der Waals surface area contributed by atoms with Crippen LogP contribution in [0.15, 0.2) is 60.8 Å². The molecule has 0 N–H and O–H groups in total. The van der Waals surface area contributed by atoms with Gasteiger partial charge in [-0.25, -0.2) is 0 Å². The largest absolute Gasteiger partial charge is 0.416 e. The molecule has 0 aliphatic rings. The summed E-state index contributed by atoms with van der Waals surface area (Å²) >= 11 is 0. The number of para-hydroxylation sites is 1. The summed E-state index contributed by atoms with van der Waals surface area (Å²) < 4.78 is 39.5. The first-order valence-corrected chi connectivity index (χ1v) is 6.24. The van der Waals surface area contributed by atoms with Crippen molar-refractivity contribution in [1.29, 1.82) is 0 Å². The second kappa shape index (κ2) is 4.71. The van der Waals surface area contributed by atoms with Crippen LogP contribution in [0.1, 0.15) is 11.1 Å². The van der Waals surface area contributed by atoms with Gasteiger partial charge in [0.05, 0.1) is 5.56 Å². The molecule has 102 valence electrons. The molecule has 0 fully saturated rings. The first-order valence-electron chi connectivity index (χ1n) is 6.24. The third-order valence-electron chi connectivity index (χ3n) is 3.31. The number of aromatic nitrogens is 1. The molecule has 0 amide bonds. The van der Waals surface area contributed by atoms with Crippen molar-refractivity contribution in [3.63, 3.8) is 0 Å². The fourth-order valence-electron chi connectivity index (χ4n) is 2.27. The van der Waals surface area contributed by atoms with Crippen molar-refractivity contribution >= 4 is 10.9 Å². The van der Waals surface area contributed by atoms with Crippen LogP contribution >= 0.6 is 0 Å². The second-order valence-electron chi connectivity index (χ2n) is 4.70. The quantitative estimate of drug-likeness (QED) is 0.638. The highest BCUT2D eigenvalue weighted by Gasteiger charge is 2.29. The topological polar surface area (TPSA) is 4.93 Å². The van der Waals surface area contributed by atoms with E-state index < -0.39 is 11.7 Å². The van der Waals surface area contributed by atoms with Crippen LogP contribution in [0, 0.1) is 0 Å². The average molecular weight is 275 g/mol. The van der Waals surface area contributed by atoms with Gasteiger partial charge < -0.3 is 4.57 Å². The Morgan fingerprint density at radius 1 is 0.850 bits per heavy atom. The maximum atomic E-state index is 12.5. The molecule has 1 aromatic heterocycles. The number of hydrogen-bond acceptors (Lipinski definition) is 0. The van der Waals surface area contributed by atoms with Gasteiger partial charge in [0, 0.05) is 18.3 Å². The SMILES string of the molecule is FC(F)(F)c1ccc(Cn2ccc3ccccc32)cc1. The summed E-state index contributed by atoms with van der Waals surface area (Å²) in [5.74, 6) is 0. The molecule has 1 nitrogen and oxygen atoms in total. The third kappa shape index (κ3) is 2.41. The van der Waals surface area contributed by atoms with E-state index in [1.807, 2.05) is 41.1 Å². The summed E-state index contributed by atoms with van der Waals surface area (Å²) in [6.07, 6.45) is -2.33. The lowest BCUT2D eigenvalue weighted by molar-refractivity contribution is -0.137. The van der Waals surface area contributed by atoms with E-state index in [0.717, 1.165) is 28.6 Å². The minimum absolute atomic E-state index is 0.561. The molecule has 0 atom stereocenters. The molecule has 0 radical (unpaired) electrons. The second-order valence-corrected chi connectivity index (χ2v) is 4.70. The van der Waals surface area contributed by atoms with E-state index in [9.17, 15) is 13.2 Å². The predicted molar refractivity (Wildman–Crippen MR) is 72.5 cm³/mol. The van der Waals surface area contributed by atoms with Crippen LogP contribution in [0.25, 0.3) is 10.9 Å². The highest BCUT2D eigenvalue weighted by Crippen LogP contribution is 2.29. The maximum absolute atomic E-state index is 12.5. The summed E-state index contributed by atoms with van der Waals surface area (Å²) in [5.41, 5.74) is 1.31. The molecule has 4 heteroatoms. The van der Waals surface area contributed by atoms with Gasteiger partial charge in [-0.1, -0.05) is 30.3 Å². The Balaban J connectivity index is 1.88. The lowest BCUT2D eigenvalue weighted by Crippen LogP contribution is -2.05. The van der Waals surface area contributed by atoms with Crippen molar-refractivity contribution in [2.45, 2.75) is 12.7 Å². The third-order valence-corrected chi connectivity index (χ3v) is 3.31. The van der Waals surface area contributed by atoms with Gasteiger partial charge >= 0.3 is 6.18 Å². The molecule has 0 aliphatic carbocycles. The standard InChI is InChI=1S/C16H12F3N/c17-16(18,19)14-7-5-12(6-8-14)11-20-10-9-13-3-1-2-4-15(13)20/h1-10H,11H2. The molecule has 0 bridgehead atoms. The van der Waals surface area contributed by atoms with Gasteiger partial charge in [0.15, 0.2) is 0 Å². The number of hydrogen-bond donors (Lipinski definition) is 0. The Bertz CT molecular complexity index is 723. The molecule has 20 heavy (non-hydrogen) atoms. The van der Waals surface area contributed by atoms with E-state index in [0.29, 0.717) is 6.54 Å². The van der Waals surface area contributed by atoms with Crippen molar-refractivity contribution < 1.29 is 13.2 Å². The summed E-state index contributed by atoms with van der Waals surface area (Å²) in [4.78, 5) is 0. The zero-order valence-corrected chi connectivity index (χ0v) is 10.6. The van der Waals surface area contributed by atoms with E-state index in [4.69, 9.17) is 0 Å². The van der Waals surface area contributed by atoms with Gasteiger partial charge in [0.2, 0.25) is 0 Å². The van der Waals surface area contributed by atoms with Crippen molar-refractivity contribution in [2.24, 2.45) is 0 Å². The minimum atomic E-state index is -4.28. The Morgan fingerprint density at radius 2 is 1.55 bits per heavy atom. The first kappa shape index (κ1) is 12.8. The van der Waals surface area contributed by atoms with Gasteiger partial charge in [-0.2, -0.15) is 13.2 Å². The Hall–Kier alpha value is -2.23. The molecular formula is C16H12F3N. The molecule has 0 saturated heterocycles. The predicted octanol–water partition coefficient (Wildman–Crippen LogP) is 4.71. The van der Waals surface area contributed by atoms with Crippen molar-refractivity contribution in [3.05, 3.63) is 71.9 Å². The maximum Gasteiger partial charge on any atom is 0.416 e. The normalized spacial score (nSPS) is 11.9. The van der Waals surface area contributed by atoms with E-state index in [-0.39, 0.29) is 0 Å². The number of fused-ring (bicyclic) bond motifs is 1. The molecule has 1 heterocycles. The lowest BCUT2D eigenvalue weighted by atomic mass is 10.1. The van der Waals surface area contributed by atoms with Crippen LogP contribution in [0.5, 0.6) is 0 Å². The summed E-state index contributed by atoms with van der Waals surface area (Å²) in [6.45, 7) is 0.561.